The van der Waals surface area contributed by atoms with Crippen molar-refractivity contribution in [1.82, 2.24) is 0 Å². The van der Waals surface area contributed by atoms with E-state index < -0.39 is 0 Å². The quantitative estimate of drug-likeness (QED) is 0.550. The van der Waals surface area contributed by atoms with Gasteiger partial charge in [0.1, 0.15) is 30.5 Å². The Morgan fingerprint density at radius 3 is 2.04 bits per heavy atom. The van der Waals surface area contributed by atoms with Crippen LogP contribution in [0.3, 0.4) is 0 Å². The lowest BCUT2D eigenvalue weighted by molar-refractivity contribution is 0.0762. The molecule has 4 nitrogen and oxygen atoms in total. The zero-order valence-corrected chi connectivity index (χ0v) is 15.7. The standard InChI is InChI=1S/C19H23BrO4/c1-3-22-16-5-7-17(8-6-16)23-12-10-21-11-13-24-19-9-4-15(2)14-18(19)20/h4-9,14H,3,10-13H2,1-2H3. The summed E-state index contributed by atoms with van der Waals surface area (Å²) in [5.41, 5.74) is 1.19. The van der Waals surface area contributed by atoms with Crippen molar-refractivity contribution in [2.24, 2.45) is 0 Å². The van der Waals surface area contributed by atoms with Gasteiger partial charge in [0, 0.05) is 0 Å². The molecule has 0 fully saturated rings. The molecule has 0 aliphatic carbocycles. The van der Waals surface area contributed by atoms with Gasteiger partial charge >= 0.3 is 0 Å². The van der Waals surface area contributed by atoms with Crippen LogP contribution in [0.4, 0.5) is 0 Å². The van der Waals surface area contributed by atoms with Crippen LogP contribution in [0, 0.1) is 6.92 Å². The zero-order valence-electron chi connectivity index (χ0n) is 14.1. The van der Waals surface area contributed by atoms with Gasteiger partial charge in [0.25, 0.3) is 0 Å². The van der Waals surface area contributed by atoms with Crippen LogP contribution in [-0.2, 0) is 4.74 Å². The molecule has 0 heterocycles. The molecule has 0 unspecified atom stereocenters. The smallest absolute Gasteiger partial charge is 0.133 e. The van der Waals surface area contributed by atoms with Gasteiger partial charge in [-0.1, -0.05) is 6.07 Å². The summed E-state index contributed by atoms with van der Waals surface area (Å²) in [5, 5.41) is 0. The number of aryl methyl sites for hydroxylation is 1. The first-order valence-electron chi connectivity index (χ1n) is 8.01. The van der Waals surface area contributed by atoms with Crippen LogP contribution >= 0.6 is 15.9 Å². The van der Waals surface area contributed by atoms with Crippen LogP contribution in [0.15, 0.2) is 46.9 Å². The lowest BCUT2D eigenvalue weighted by atomic mass is 10.2. The molecule has 0 aliphatic heterocycles. The van der Waals surface area contributed by atoms with E-state index in [4.69, 9.17) is 18.9 Å². The van der Waals surface area contributed by atoms with E-state index in [-0.39, 0.29) is 0 Å². The maximum atomic E-state index is 5.67. The Hall–Kier alpha value is -1.72. The highest BCUT2D eigenvalue weighted by Gasteiger charge is 2.01. The number of hydrogen-bond donors (Lipinski definition) is 0. The molecule has 0 amide bonds. The third kappa shape index (κ3) is 6.42. The fourth-order valence-corrected chi connectivity index (χ4v) is 2.66. The predicted octanol–water partition coefficient (Wildman–Crippen LogP) is 4.63. The van der Waals surface area contributed by atoms with Crippen molar-refractivity contribution in [3.63, 3.8) is 0 Å². The van der Waals surface area contributed by atoms with Crippen LogP contribution < -0.4 is 14.2 Å². The first-order chi connectivity index (χ1) is 11.7. The lowest BCUT2D eigenvalue weighted by Crippen LogP contribution is -2.12. The van der Waals surface area contributed by atoms with Crippen molar-refractivity contribution in [3.8, 4) is 17.2 Å². The fraction of sp³-hybridized carbons (Fsp3) is 0.368. The second kappa shape index (κ2) is 10.2. The molecule has 2 aromatic rings. The maximum Gasteiger partial charge on any atom is 0.133 e. The van der Waals surface area contributed by atoms with Crippen molar-refractivity contribution in [1.29, 1.82) is 0 Å². The van der Waals surface area contributed by atoms with E-state index in [2.05, 4.69) is 15.9 Å². The first-order valence-corrected chi connectivity index (χ1v) is 8.80. The minimum absolute atomic E-state index is 0.502. The van der Waals surface area contributed by atoms with Gasteiger partial charge in [-0.05, 0) is 71.7 Å². The van der Waals surface area contributed by atoms with Crippen LogP contribution in [0.2, 0.25) is 0 Å². The minimum atomic E-state index is 0.502. The van der Waals surface area contributed by atoms with Crippen molar-refractivity contribution in [2.75, 3.05) is 33.0 Å². The minimum Gasteiger partial charge on any atom is -0.494 e. The number of hydrogen-bond acceptors (Lipinski definition) is 4. The summed E-state index contributed by atoms with van der Waals surface area (Å²) in [6, 6.07) is 13.6. The summed E-state index contributed by atoms with van der Waals surface area (Å²) in [7, 11) is 0. The Balaban J connectivity index is 1.56. The topological polar surface area (TPSA) is 36.9 Å². The molecule has 2 aromatic carbocycles. The highest BCUT2D eigenvalue weighted by Crippen LogP contribution is 2.25. The van der Waals surface area contributed by atoms with E-state index in [9.17, 15) is 0 Å². The summed E-state index contributed by atoms with van der Waals surface area (Å²) in [6.45, 7) is 6.71. The third-order valence-corrected chi connectivity index (χ3v) is 3.82. The Kier molecular flexibility index (Phi) is 7.92. The largest absolute Gasteiger partial charge is 0.494 e. The molecule has 0 aromatic heterocycles. The van der Waals surface area contributed by atoms with Gasteiger partial charge in [0.05, 0.1) is 24.3 Å². The maximum absolute atomic E-state index is 5.67. The summed E-state index contributed by atoms with van der Waals surface area (Å²) >= 11 is 3.49. The van der Waals surface area contributed by atoms with E-state index in [0.717, 1.165) is 21.7 Å². The summed E-state index contributed by atoms with van der Waals surface area (Å²) < 4.78 is 23.1. The Morgan fingerprint density at radius 2 is 1.42 bits per heavy atom. The monoisotopic (exact) mass is 394 g/mol. The average Bonchev–Trinajstić information content (AvgIpc) is 2.57. The molecule has 5 heteroatoms. The van der Waals surface area contributed by atoms with Crippen molar-refractivity contribution in [2.45, 2.75) is 13.8 Å². The Morgan fingerprint density at radius 1 is 0.792 bits per heavy atom. The molecule has 0 atom stereocenters. The molecule has 0 aliphatic rings. The lowest BCUT2D eigenvalue weighted by Gasteiger charge is -2.10. The van der Waals surface area contributed by atoms with Gasteiger partial charge in [-0.25, -0.2) is 0 Å². The first kappa shape index (κ1) is 18.6. The third-order valence-electron chi connectivity index (χ3n) is 3.20. The second-order valence-corrected chi connectivity index (χ2v) is 6.00. The summed E-state index contributed by atoms with van der Waals surface area (Å²) in [6.07, 6.45) is 0. The van der Waals surface area contributed by atoms with Gasteiger partial charge in [0.15, 0.2) is 0 Å². The molecule has 0 N–H and O–H groups in total. The molecule has 2 rings (SSSR count). The average molecular weight is 395 g/mol. The summed E-state index contributed by atoms with van der Waals surface area (Å²) in [5.74, 6) is 2.48. The van der Waals surface area contributed by atoms with Crippen LogP contribution in [-0.4, -0.2) is 33.0 Å². The highest BCUT2D eigenvalue weighted by molar-refractivity contribution is 9.10. The van der Waals surface area contributed by atoms with E-state index in [0.29, 0.717) is 33.0 Å². The molecular formula is C19H23BrO4. The molecule has 0 bridgehead atoms. The van der Waals surface area contributed by atoms with Crippen LogP contribution in [0.25, 0.3) is 0 Å². The van der Waals surface area contributed by atoms with Crippen LogP contribution in [0.1, 0.15) is 12.5 Å². The molecule has 0 saturated heterocycles. The van der Waals surface area contributed by atoms with Crippen LogP contribution in [0.5, 0.6) is 17.2 Å². The van der Waals surface area contributed by atoms with Gasteiger partial charge in [0.2, 0.25) is 0 Å². The van der Waals surface area contributed by atoms with Gasteiger partial charge < -0.3 is 18.9 Å². The molecule has 130 valence electrons. The molecule has 0 radical (unpaired) electrons. The van der Waals surface area contributed by atoms with Crippen molar-refractivity contribution in [3.05, 3.63) is 52.5 Å². The normalized spacial score (nSPS) is 10.5. The molecule has 0 saturated carbocycles. The number of benzene rings is 2. The summed E-state index contributed by atoms with van der Waals surface area (Å²) in [4.78, 5) is 0. The SMILES string of the molecule is CCOc1ccc(OCCOCCOc2ccc(C)cc2Br)cc1. The predicted molar refractivity (Wildman–Crippen MR) is 98.3 cm³/mol. The van der Waals surface area contributed by atoms with E-state index in [1.165, 1.54) is 5.56 Å². The van der Waals surface area contributed by atoms with E-state index >= 15 is 0 Å². The Bertz CT molecular complexity index is 613. The van der Waals surface area contributed by atoms with E-state index in [1.807, 2.05) is 56.3 Å². The molecular weight excluding hydrogens is 372 g/mol. The Labute approximate surface area is 151 Å². The zero-order chi connectivity index (χ0) is 17.2. The number of rotatable bonds is 10. The fourth-order valence-electron chi connectivity index (χ4n) is 2.05. The van der Waals surface area contributed by atoms with Gasteiger partial charge in [-0.2, -0.15) is 0 Å². The molecule has 24 heavy (non-hydrogen) atoms. The van der Waals surface area contributed by atoms with Crippen molar-refractivity contribution >= 4 is 15.9 Å². The highest BCUT2D eigenvalue weighted by atomic mass is 79.9. The second-order valence-electron chi connectivity index (χ2n) is 5.15. The number of ether oxygens (including phenoxy) is 4. The van der Waals surface area contributed by atoms with Gasteiger partial charge in [-0.15, -0.1) is 0 Å². The molecule has 0 spiro atoms. The van der Waals surface area contributed by atoms with Crippen molar-refractivity contribution < 1.29 is 18.9 Å². The number of halogens is 1. The van der Waals surface area contributed by atoms with Gasteiger partial charge in [-0.3, -0.25) is 0 Å². The van der Waals surface area contributed by atoms with E-state index in [1.54, 1.807) is 0 Å².